The topological polar surface area (TPSA) is 103 Å². The van der Waals surface area contributed by atoms with E-state index in [-0.39, 0.29) is 11.0 Å². The van der Waals surface area contributed by atoms with Crippen molar-refractivity contribution < 1.29 is 9.52 Å². The number of thioether (sulfide) groups is 1. The molecule has 9 heteroatoms. The first-order chi connectivity index (χ1) is 11.5. The third-order valence-corrected chi connectivity index (χ3v) is 4.25. The number of tetrazole rings is 1. The van der Waals surface area contributed by atoms with Gasteiger partial charge in [-0.2, -0.15) is 4.68 Å². The SMILES string of the molecule is CC(C)Cc1nnc([C@H](C)Sc2nnnn2-c2ccc(O)cc2)o1. The summed E-state index contributed by atoms with van der Waals surface area (Å²) in [4.78, 5) is 0. The van der Waals surface area contributed by atoms with E-state index in [9.17, 15) is 5.11 Å². The predicted octanol–water partition coefficient (Wildman–Crippen LogP) is 2.80. The molecule has 1 N–H and O–H groups in total. The predicted molar refractivity (Wildman–Crippen MR) is 87.9 cm³/mol. The van der Waals surface area contributed by atoms with E-state index in [2.05, 4.69) is 39.6 Å². The van der Waals surface area contributed by atoms with Crippen molar-refractivity contribution in [2.45, 2.75) is 37.6 Å². The first-order valence-electron chi connectivity index (χ1n) is 7.59. The van der Waals surface area contributed by atoms with Crippen molar-refractivity contribution in [1.82, 2.24) is 30.4 Å². The smallest absolute Gasteiger partial charge is 0.229 e. The highest BCUT2D eigenvalue weighted by atomic mass is 32.2. The van der Waals surface area contributed by atoms with E-state index >= 15 is 0 Å². The lowest BCUT2D eigenvalue weighted by Crippen LogP contribution is -2.00. The summed E-state index contributed by atoms with van der Waals surface area (Å²) in [6.45, 7) is 6.18. The Morgan fingerprint density at radius 1 is 1.12 bits per heavy atom. The van der Waals surface area contributed by atoms with Crippen LogP contribution in [0.2, 0.25) is 0 Å². The zero-order chi connectivity index (χ0) is 17.1. The number of phenols is 1. The fourth-order valence-corrected chi connectivity index (χ4v) is 2.92. The largest absolute Gasteiger partial charge is 0.508 e. The molecular formula is C15H18N6O2S. The molecule has 0 saturated carbocycles. The number of hydrogen-bond donors (Lipinski definition) is 1. The lowest BCUT2D eigenvalue weighted by Gasteiger charge is -2.07. The van der Waals surface area contributed by atoms with Crippen LogP contribution < -0.4 is 0 Å². The third kappa shape index (κ3) is 3.73. The molecular weight excluding hydrogens is 328 g/mol. The Morgan fingerprint density at radius 3 is 2.58 bits per heavy atom. The molecule has 0 aliphatic carbocycles. The molecule has 24 heavy (non-hydrogen) atoms. The van der Waals surface area contributed by atoms with Gasteiger partial charge in [0.25, 0.3) is 0 Å². The van der Waals surface area contributed by atoms with E-state index < -0.39 is 0 Å². The van der Waals surface area contributed by atoms with Gasteiger partial charge in [-0.25, -0.2) is 0 Å². The average molecular weight is 346 g/mol. The standard InChI is InChI=1S/C15H18N6O2S/c1-9(2)8-13-16-17-14(23-13)10(3)24-15-18-19-20-21(15)11-4-6-12(22)7-5-11/h4-7,9-10,22H,8H2,1-3H3/t10-/m0/s1. The molecule has 0 aliphatic rings. The number of rotatable bonds is 6. The van der Waals surface area contributed by atoms with Gasteiger partial charge in [-0.05, 0) is 47.5 Å². The fourth-order valence-electron chi connectivity index (χ4n) is 2.08. The summed E-state index contributed by atoms with van der Waals surface area (Å²) in [5.74, 6) is 1.85. The van der Waals surface area contributed by atoms with Gasteiger partial charge in [0.1, 0.15) is 5.75 Å². The molecule has 8 nitrogen and oxygen atoms in total. The Hall–Kier alpha value is -2.42. The van der Waals surface area contributed by atoms with Crippen LogP contribution in [0.3, 0.4) is 0 Å². The maximum absolute atomic E-state index is 9.39. The molecule has 3 rings (SSSR count). The fraction of sp³-hybridized carbons (Fsp3) is 0.400. The zero-order valence-corrected chi connectivity index (χ0v) is 14.4. The number of benzene rings is 1. The van der Waals surface area contributed by atoms with Crippen molar-refractivity contribution in [3.63, 3.8) is 0 Å². The number of aromatic nitrogens is 6. The molecule has 0 radical (unpaired) electrons. The minimum atomic E-state index is -0.0831. The van der Waals surface area contributed by atoms with Crippen molar-refractivity contribution in [3.8, 4) is 11.4 Å². The maximum Gasteiger partial charge on any atom is 0.229 e. The highest BCUT2D eigenvalue weighted by Gasteiger charge is 2.20. The molecule has 0 amide bonds. The minimum absolute atomic E-state index is 0.0831. The molecule has 0 unspecified atom stereocenters. The Bertz CT molecular complexity index is 798. The number of hydrogen-bond acceptors (Lipinski definition) is 8. The normalized spacial score (nSPS) is 12.7. The Kier molecular flexibility index (Phi) is 4.79. The summed E-state index contributed by atoms with van der Waals surface area (Å²) in [5, 5.41) is 29.9. The van der Waals surface area contributed by atoms with Gasteiger partial charge in [0.05, 0.1) is 10.9 Å². The van der Waals surface area contributed by atoms with Crippen molar-refractivity contribution >= 4 is 11.8 Å². The van der Waals surface area contributed by atoms with Crippen molar-refractivity contribution in [2.75, 3.05) is 0 Å². The monoisotopic (exact) mass is 346 g/mol. The summed E-state index contributed by atoms with van der Waals surface area (Å²) in [7, 11) is 0. The van der Waals surface area contributed by atoms with Crippen LogP contribution in [-0.2, 0) is 6.42 Å². The Balaban J connectivity index is 1.75. The van der Waals surface area contributed by atoms with Crippen LogP contribution in [0.4, 0.5) is 0 Å². The molecule has 0 spiro atoms. The van der Waals surface area contributed by atoms with Crippen molar-refractivity contribution in [3.05, 3.63) is 36.0 Å². The van der Waals surface area contributed by atoms with Crippen LogP contribution >= 0.6 is 11.8 Å². The van der Waals surface area contributed by atoms with Gasteiger partial charge in [-0.15, -0.1) is 15.3 Å². The summed E-state index contributed by atoms with van der Waals surface area (Å²) in [6, 6.07) is 6.66. The van der Waals surface area contributed by atoms with Crippen LogP contribution in [0.15, 0.2) is 33.8 Å². The van der Waals surface area contributed by atoms with Gasteiger partial charge in [0.15, 0.2) is 0 Å². The lowest BCUT2D eigenvalue weighted by molar-refractivity contribution is 0.426. The molecule has 1 atom stereocenters. The minimum Gasteiger partial charge on any atom is -0.508 e. The molecule has 2 heterocycles. The van der Waals surface area contributed by atoms with E-state index in [0.717, 1.165) is 12.1 Å². The molecule has 126 valence electrons. The van der Waals surface area contributed by atoms with Crippen molar-refractivity contribution in [2.24, 2.45) is 5.92 Å². The van der Waals surface area contributed by atoms with Crippen molar-refractivity contribution in [1.29, 1.82) is 0 Å². The van der Waals surface area contributed by atoms with E-state index in [1.165, 1.54) is 11.8 Å². The molecule has 3 aromatic rings. The number of nitrogens with zero attached hydrogens (tertiary/aromatic N) is 6. The molecule has 1 aromatic carbocycles. The third-order valence-electron chi connectivity index (χ3n) is 3.23. The second kappa shape index (κ2) is 7.00. The van der Waals surface area contributed by atoms with Gasteiger partial charge in [0, 0.05) is 6.42 Å². The number of aromatic hydroxyl groups is 1. The van der Waals surface area contributed by atoms with Crippen LogP contribution in [0.25, 0.3) is 5.69 Å². The van der Waals surface area contributed by atoms with E-state index in [0.29, 0.717) is 22.9 Å². The lowest BCUT2D eigenvalue weighted by atomic mass is 10.1. The van der Waals surface area contributed by atoms with Crippen LogP contribution in [0.5, 0.6) is 5.75 Å². The van der Waals surface area contributed by atoms with Gasteiger partial charge in [-0.1, -0.05) is 25.6 Å². The Labute approximate surface area is 143 Å². The van der Waals surface area contributed by atoms with Gasteiger partial charge in [0.2, 0.25) is 16.9 Å². The second-order valence-electron chi connectivity index (χ2n) is 5.78. The summed E-state index contributed by atoms with van der Waals surface area (Å²) < 4.78 is 7.32. The van der Waals surface area contributed by atoms with Crippen LogP contribution in [0, 0.1) is 5.92 Å². The van der Waals surface area contributed by atoms with E-state index in [4.69, 9.17) is 4.42 Å². The zero-order valence-electron chi connectivity index (χ0n) is 13.6. The summed E-state index contributed by atoms with van der Waals surface area (Å²) in [5.41, 5.74) is 0.763. The average Bonchev–Trinajstić information content (AvgIpc) is 3.17. The summed E-state index contributed by atoms with van der Waals surface area (Å²) in [6.07, 6.45) is 0.760. The van der Waals surface area contributed by atoms with Gasteiger partial charge >= 0.3 is 0 Å². The van der Waals surface area contributed by atoms with Crippen LogP contribution in [-0.4, -0.2) is 35.5 Å². The van der Waals surface area contributed by atoms with E-state index in [1.54, 1.807) is 28.9 Å². The highest BCUT2D eigenvalue weighted by molar-refractivity contribution is 7.99. The van der Waals surface area contributed by atoms with Gasteiger partial charge in [-0.3, -0.25) is 0 Å². The first-order valence-corrected chi connectivity index (χ1v) is 8.47. The highest BCUT2D eigenvalue weighted by Crippen LogP contribution is 2.33. The van der Waals surface area contributed by atoms with Gasteiger partial charge < -0.3 is 9.52 Å². The first kappa shape index (κ1) is 16.4. The molecule has 2 aromatic heterocycles. The molecule has 0 aliphatic heterocycles. The summed E-state index contributed by atoms with van der Waals surface area (Å²) >= 11 is 1.43. The quantitative estimate of drug-likeness (QED) is 0.680. The molecule has 0 saturated heterocycles. The number of phenolic OH excluding ortho intramolecular Hbond substituents is 1. The van der Waals surface area contributed by atoms with E-state index in [1.807, 2.05) is 6.92 Å². The molecule has 0 bridgehead atoms. The molecule has 0 fully saturated rings. The maximum atomic E-state index is 9.39. The second-order valence-corrected chi connectivity index (χ2v) is 7.09. The Morgan fingerprint density at radius 2 is 1.88 bits per heavy atom. The van der Waals surface area contributed by atoms with Crippen LogP contribution in [0.1, 0.15) is 37.8 Å².